The Kier molecular flexibility index (Phi) is 8.25. The molecule has 1 saturated heterocycles. The molecule has 2 aliphatic rings. The standard InChI is InChI=1S/C30H35N5O6S2/c1-19-28(21(3)41-33-19)24-17-26-29(32-18-24)25(11-12-27(31)35(42(4,36)37)43(5,38)39)20(2)34(26)30(22-9-7-6-8-10-22)23-13-15-40-16-14-23/h6-12,17-18,23,30-32H,2,13-16H2,1,3-5H3. The van der Waals surface area contributed by atoms with E-state index in [2.05, 4.69) is 33.8 Å². The van der Waals surface area contributed by atoms with Gasteiger partial charge in [0.25, 0.3) is 0 Å². The monoisotopic (exact) mass is 625 g/mol. The number of aryl methyl sites for hydroxylation is 2. The summed E-state index contributed by atoms with van der Waals surface area (Å²) in [7, 11) is -8.52. The number of nitrogens with one attached hydrogen (secondary N) is 2. The van der Waals surface area contributed by atoms with E-state index in [-0.39, 0.29) is 15.7 Å². The summed E-state index contributed by atoms with van der Waals surface area (Å²) >= 11 is 0. The smallest absolute Gasteiger partial charge is 0.246 e. The number of allylic oxidation sites excluding steroid dienone is 1. The lowest BCUT2D eigenvalue weighted by molar-refractivity contribution is 0.0537. The molecule has 0 spiro atoms. The average Bonchev–Trinajstić information content (AvgIpc) is 3.41. The predicted molar refractivity (Wildman–Crippen MR) is 168 cm³/mol. The van der Waals surface area contributed by atoms with Crippen LogP contribution in [-0.2, 0) is 24.8 Å². The molecule has 2 N–H and O–H groups in total. The molecule has 0 aliphatic carbocycles. The highest BCUT2D eigenvalue weighted by Crippen LogP contribution is 2.34. The number of sulfonamides is 2. The molecule has 1 fully saturated rings. The molecule has 2 aliphatic heterocycles. The normalized spacial score (nSPS) is 16.7. The van der Waals surface area contributed by atoms with Gasteiger partial charge in [-0.2, -0.15) is 0 Å². The largest absolute Gasteiger partial charge is 0.381 e. The summed E-state index contributed by atoms with van der Waals surface area (Å²) in [6.07, 6.45) is 9.77. The number of aromatic nitrogens is 2. The number of rotatable bonds is 8. The lowest BCUT2D eigenvalue weighted by atomic mass is 9.86. The van der Waals surface area contributed by atoms with Crippen LogP contribution in [0.25, 0.3) is 24.3 Å². The number of fused-ring (bicyclic) bond motifs is 1. The number of amidine groups is 1. The van der Waals surface area contributed by atoms with Crippen molar-refractivity contribution in [1.29, 1.82) is 5.41 Å². The van der Waals surface area contributed by atoms with Crippen LogP contribution in [0.5, 0.6) is 0 Å². The molecule has 4 heterocycles. The number of hydrogen-bond donors (Lipinski definition) is 2. The van der Waals surface area contributed by atoms with Gasteiger partial charge in [-0.1, -0.05) is 42.1 Å². The molecular weight excluding hydrogens is 590 g/mol. The maximum absolute atomic E-state index is 12.3. The van der Waals surface area contributed by atoms with Crippen molar-refractivity contribution < 1.29 is 26.1 Å². The van der Waals surface area contributed by atoms with Crippen LogP contribution >= 0.6 is 0 Å². The van der Waals surface area contributed by atoms with E-state index in [4.69, 9.17) is 14.7 Å². The maximum Gasteiger partial charge on any atom is 0.246 e. The number of hydrogen-bond acceptors (Lipinski definition) is 9. The maximum atomic E-state index is 12.3. The summed E-state index contributed by atoms with van der Waals surface area (Å²) in [4.78, 5) is 0. The van der Waals surface area contributed by atoms with E-state index >= 15 is 0 Å². The fraction of sp³-hybridized carbons (Fsp3) is 0.333. The van der Waals surface area contributed by atoms with Crippen LogP contribution < -0.4 is 16.0 Å². The molecule has 1 atom stereocenters. The lowest BCUT2D eigenvalue weighted by Crippen LogP contribution is -2.39. The first-order valence-electron chi connectivity index (χ1n) is 13.7. The number of benzene rings is 1. The first-order valence-corrected chi connectivity index (χ1v) is 17.4. The summed E-state index contributed by atoms with van der Waals surface area (Å²) < 4.78 is 62.5. The predicted octanol–water partition coefficient (Wildman–Crippen LogP) is 2.98. The van der Waals surface area contributed by atoms with Crippen LogP contribution in [0, 0.1) is 25.2 Å². The Balaban J connectivity index is 1.74. The SMILES string of the molecule is C=c1c(C=CC(=N)N(S(C)(=O)=O)S(C)(=O)=O)c2c(n1C(c1ccccc1)C1CCOCC1)=CC(c1c(C)noc1C)=CN2. The van der Waals surface area contributed by atoms with E-state index in [0.717, 1.165) is 59.2 Å². The van der Waals surface area contributed by atoms with Crippen molar-refractivity contribution in [2.24, 2.45) is 5.92 Å². The van der Waals surface area contributed by atoms with Gasteiger partial charge in [0.05, 0.1) is 35.3 Å². The molecule has 1 aromatic carbocycles. The molecule has 228 valence electrons. The Morgan fingerprint density at radius 1 is 1.14 bits per heavy atom. The van der Waals surface area contributed by atoms with Crippen molar-refractivity contribution in [3.63, 3.8) is 0 Å². The molecule has 13 heteroatoms. The molecular formula is C30H35N5O6S2. The quantitative estimate of drug-likeness (QED) is 0.287. The van der Waals surface area contributed by atoms with Gasteiger partial charge in [-0.25, -0.2) is 16.8 Å². The van der Waals surface area contributed by atoms with E-state index in [9.17, 15) is 16.8 Å². The van der Waals surface area contributed by atoms with Crippen LogP contribution in [-0.4, -0.2) is 61.8 Å². The van der Waals surface area contributed by atoms with Gasteiger partial charge in [0, 0.05) is 41.5 Å². The average molecular weight is 626 g/mol. The van der Waals surface area contributed by atoms with E-state index in [1.54, 1.807) is 0 Å². The van der Waals surface area contributed by atoms with Crippen molar-refractivity contribution in [3.05, 3.63) is 81.5 Å². The summed E-state index contributed by atoms with van der Waals surface area (Å²) in [5.74, 6) is 0.204. The minimum absolute atomic E-state index is 0.104. The van der Waals surface area contributed by atoms with Crippen LogP contribution in [0.1, 0.15) is 47.0 Å². The molecule has 43 heavy (non-hydrogen) atoms. The van der Waals surface area contributed by atoms with Crippen molar-refractivity contribution in [1.82, 2.24) is 13.4 Å². The fourth-order valence-corrected chi connectivity index (χ4v) is 8.79. The van der Waals surface area contributed by atoms with Gasteiger partial charge < -0.3 is 19.1 Å². The highest BCUT2D eigenvalue weighted by molar-refractivity contribution is 8.04. The van der Waals surface area contributed by atoms with Gasteiger partial charge in [-0.15, -0.1) is 3.71 Å². The van der Waals surface area contributed by atoms with Crippen LogP contribution in [0.3, 0.4) is 0 Å². The first kappa shape index (κ1) is 30.5. The summed E-state index contributed by atoms with van der Waals surface area (Å²) in [5.41, 5.74) is 4.88. The van der Waals surface area contributed by atoms with E-state index in [0.29, 0.717) is 35.6 Å². The molecule has 2 aromatic heterocycles. The Morgan fingerprint density at radius 2 is 1.79 bits per heavy atom. The van der Waals surface area contributed by atoms with Crippen LogP contribution in [0.15, 0.2) is 47.1 Å². The van der Waals surface area contributed by atoms with Gasteiger partial charge in [0.1, 0.15) is 5.76 Å². The van der Waals surface area contributed by atoms with E-state index in [1.165, 1.54) is 6.08 Å². The fourth-order valence-electron chi connectivity index (χ4n) is 5.99. The highest BCUT2D eigenvalue weighted by atomic mass is 32.3. The molecule has 3 aromatic rings. The highest BCUT2D eigenvalue weighted by Gasteiger charge is 2.31. The topological polar surface area (TPSA) is 148 Å². The van der Waals surface area contributed by atoms with Gasteiger partial charge >= 0.3 is 0 Å². The summed E-state index contributed by atoms with van der Waals surface area (Å²) in [6, 6.07) is 10.1. The summed E-state index contributed by atoms with van der Waals surface area (Å²) in [5, 5.41) is 17.3. The Hall–Kier alpha value is -3.94. The molecule has 5 rings (SSSR count). The van der Waals surface area contributed by atoms with E-state index in [1.807, 2.05) is 44.3 Å². The Labute approximate surface area is 251 Å². The second kappa shape index (κ2) is 11.6. The molecule has 0 radical (unpaired) electrons. The number of ether oxygens (including phenoxy) is 1. The third-order valence-electron chi connectivity index (χ3n) is 7.71. The minimum atomic E-state index is -4.26. The van der Waals surface area contributed by atoms with Gasteiger partial charge in [-0.3, -0.25) is 5.41 Å². The van der Waals surface area contributed by atoms with Crippen molar-refractivity contribution in [2.45, 2.75) is 32.7 Å². The van der Waals surface area contributed by atoms with Crippen molar-refractivity contribution in [2.75, 3.05) is 31.0 Å². The molecule has 1 unspecified atom stereocenters. The minimum Gasteiger partial charge on any atom is -0.381 e. The zero-order chi connectivity index (χ0) is 31.1. The third kappa shape index (κ3) is 5.97. The van der Waals surface area contributed by atoms with E-state index < -0.39 is 25.9 Å². The van der Waals surface area contributed by atoms with Crippen LogP contribution in [0.2, 0.25) is 0 Å². The van der Waals surface area contributed by atoms with Crippen molar-refractivity contribution >= 4 is 55.9 Å². The second-order valence-electron chi connectivity index (χ2n) is 10.8. The van der Waals surface area contributed by atoms with Crippen LogP contribution in [0.4, 0.5) is 5.69 Å². The van der Waals surface area contributed by atoms with Gasteiger partial charge in [0.15, 0.2) is 5.84 Å². The zero-order valence-electron chi connectivity index (χ0n) is 24.5. The first-order chi connectivity index (χ1) is 20.3. The molecule has 11 nitrogen and oxygen atoms in total. The van der Waals surface area contributed by atoms with Gasteiger partial charge in [-0.05, 0) is 56.4 Å². The molecule has 0 saturated carbocycles. The summed E-state index contributed by atoms with van der Waals surface area (Å²) in [6.45, 7) is 9.48. The number of nitrogens with zero attached hydrogens (tertiary/aromatic N) is 3. The van der Waals surface area contributed by atoms with Crippen molar-refractivity contribution in [3.8, 4) is 0 Å². The molecule has 0 bridgehead atoms. The lowest BCUT2D eigenvalue weighted by Gasteiger charge is -2.33. The third-order valence-corrected chi connectivity index (χ3v) is 10.9. The molecule has 0 amide bonds. The Morgan fingerprint density at radius 3 is 2.37 bits per heavy atom. The number of anilines is 1. The zero-order valence-corrected chi connectivity index (χ0v) is 26.1. The second-order valence-corrected chi connectivity index (χ2v) is 14.7. The van der Waals surface area contributed by atoms with Gasteiger partial charge in [0.2, 0.25) is 20.0 Å². The Bertz CT molecular complexity index is 1900.